The fourth-order valence-electron chi connectivity index (χ4n) is 2.83. The summed E-state index contributed by atoms with van der Waals surface area (Å²) in [5.41, 5.74) is -4.15. The fourth-order valence-corrected chi connectivity index (χ4v) is 3.82. The summed E-state index contributed by atoms with van der Waals surface area (Å²) in [5, 5.41) is 8.47. The van der Waals surface area contributed by atoms with E-state index in [1.807, 2.05) is 0 Å². The highest BCUT2D eigenvalue weighted by molar-refractivity contribution is 7.90. The number of anilines is 1. The molecule has 1 fully saturated rings. The summed E-state index contributed by atoms with van der Waals surface area (Å²) < 4.78 is 61.2. The lowest BCUT2D eigenvalue weighted by Gasteiger charge is -2.32. The summed E-state index contributed by atoms with van der Waals surface area (Å²) >= 11 is 0. The molecular weight excluding hydrogens is 423 g/mol. The Labute approximate surface area is 173 Å². The fraction of sp³-hybridized carbons (Fsp3) is 0.444. The molecule has 0 aromatic heterocycles. The number of nitrogens with one attached hydrogen (secondary N) is 3. The quantitative estimate of drug-likeness (QED) is 0.358. The molecule has 1 aliphatic rings. The highest BCUT2D eigenvalue weighted by Gasteiger charge is 2.50. The SMILES string of the molecule is C#Cc1cccc(NC(=O)CNC(=NC)NC2CCN(S(=O)(=O)C(F)(F)F)CC2)c1. The Morgan fingerprint density at radius 1 is 1.33 bits per heavy atom. The maximum atomic E-state index is 12.6. The summed E-state index contributed by atoms with van der Waals surface area (Å²) in [6.45, 7) is -0.633. The minimum absolute atomic E-state index is 0.110. The Morgan fingerprint density at radius 3 is 2.57 bits per heavy atom. The molecule has 30 heavy (non-hydrogen) atoms. The molecule has 0 aliphatic carbocycles. The van der Waals surface area contributed by atoms with Gasteiger partial charge in [-0.05, 0) is 31.0 Å². The van der Waals surface area contributed by atoms with E-state index < -0.39 is 15.5 Å². The third-order valence-corrected chi connectivity index (χ3v) is 6.01. The molecule has 164 valence electrons. The van der Waals surface area contributed by atoms with E-state index in [1.165, 1.54) is 7.05 Å². The van der Waals surface area contributed by atoms with Crippen molar-refractivity contribution in [2.75, 3.05) is 32.0 Å². The number of aliphatic imine (C=N–C) groups is 1. The second kappa shape index (κ2) is 9.82. The number of benzene rings is 1. The van der Waals surface area contributed by atoms with Crippen molar-refractivity contribution in [1.82, 2.24) is 14.9 Å². The Balaban J connectivity index is 1.81. The van der Waals surface area contributed by atoms with Crippen LogP contribution in [0, 0.1) is 12.3 Å². The molecule has 0 radical (unpaired) electrons. The lowest BCUT2D eigenvalue weighted by Crippen LogP contribution is -2.52. The van der Waals surface area contributed by atoms with Crippen molar-refractivity contribution in [1.29, 1.82) is 0 Å². The Kier molecular flexibility index (Phi) is 7.69. The first-order valence-electron chi connectivity index (χ1n) is 8.97. The molecule has 0 unspecified atom stereocenters. The molecule has 0 atom stereocenters. The number of amides is 1. The number of rotatable bonds is 5. The number of carbonyl (C=O) groups is 1. The number of halogens is 3. The van der Waals surface area contributed by atoms with Gasteiger partial charge in [-0.15, -0.1) is 6.42 Å². The summed E-state index contributed by atoms with van der Waals surface area (Å²) in [6, 6.07) is 6.49. The first-order chi connectivity index (χ1) is 14.1. The maximum Gasteiger partial charge on any atom is 0.511 e. The third-order valence-electron chi connectivity index (χ3n) is 4.38. The van der Waals surface area contributed by atoms with E-state index in [2.05, 4.69) is 26.9 Å². The molecule has 2 rings (SSSR count). The van der Waals surface area contributed by atoms with Gasteiger partial charge in [-0.1, -0.05) is 12.0 Å². The van der Waals surface area contributed by atoms with Crippen LogP contribution < -0.4 is 16.0 Å². The minimum atomic E-state index is -5.32. The van der Waals surface area contributed by atoms with Crippen LogP contribution in [-0.4, -0.2) is 62.8 Å². The number of terminal acetylenes is 1. The molecule has 0 bridgehead atoms. The van der Waals surface area contributed by atoms with Gasteiger partial charge >= 0.3 is 15.5 Å². The average Bonchev–Trinajstić information content (AvgIpc) is 2.70. The van der Waals surface area contributed by atoms with Crippen LogP contribution in [0.15, 0.2) is 29.3 Å². The highest BCUT2D eigenvalue weighted by Crippen LogP contribution is 2.28. The van der Waals surface area contributed by atoms with E-state index in [9.17, 15) is 26.4 Å². The first kappa shape index (κ1) is 23.5. The molecule has 0 saturated carbocycles. The van der Waals surface area contributed by atoms with Gasteiger partial charge in [0.2, 0.25) is 5.91 Å². The largest absolute Gasteiger partial charge is 0.511 e. The van der Waals surface area contributed by atoms with Gasteiger partial charge in [-0.2, -0.15) is 17.5 Å². The zero-order valence-corrected chi connectivity index (χ0v) is 17.0. The van der Waals surface area contributed by atoms with Crippen molar-refractivity contribution < 1.29 is 26.4 Å². The van der Waals surface area contributed by atoms with Crippen molar-refractivity contribution in [3.63, 3.8) is 0 Å². The van der Waals surface area contributed by atoms with E-state index in [-0.39, 0.29) is 50.4 Å². The zero-order chi connectivity index (χ0) is 22.4. The van der Waals surface area contributed by atoms with Crippen molar-refractivity contribution in [2.45, 2.75) is 24.4 Å². The van der Waals surface area contributed by atoms with Crippen molar-refractivity contribution >= 4 is 27.6 Å². The third kappa shape index (κ3) is 6.11. The summed E-state index contributed by atoms with van der Waals surface area (Å²) in [5.74, 6) is 2.40. The normalized spacial score (nSPS) is 16.6. The Bertz CT molecular complexity index is 933. The van der Waals surface area contributed by atoms with Gasteiger partial charge < -0.3 is 16.0 Å². The molecule has 3 N–H and O–H groups in total. The second-order valence-electron chi connectivity index (χ2n) is 6.47. The number of nitrogens with zero attached hydrogens (tertiary/aromatic N) is 2. The van der Waals surface area contributed by atoms with Crippen LogP contribution in [0.4, 0.5) is 18.9 Å². The van der Waals surface area contributed by atoms with Crippen LogP contribution >= 0.6 is 0 Å². The predicted molar refractivity (Wildman–Crippen MR) is 107 cm³/mol. The molecule has 1 heterocycles. The molecule has 0 spiro atoms. The second-order valence-corrected chi connectivity index (χ2v) is 8.40. The summed E-state index contributed by atoms with van der Waals surface area (Å²) in [6.07, 6.45) is 5.65. The standard InChI is InChI=1S/C18H22F3N5O3S/c1-3-13-5-4-6-15(11-13)24-16(27)12-23-17(22-2)25-14-7-9-26(10-8-14)30(28,29)18(19,20)21/h1,4-6,11,14H,7-10,12H2,2H3,(H,24,27)(H2,22,23,25). The van der Waals surface area contributed by atoms with Crippen LogP contribution in [0.1, 0.15) is 18.4 Å². The summed E-state index contributed by atoms with van der Waals surface area (Å²) in [4.78, 5) is 16.1. The lowest BCUT2D eigenvalue weighted by atomic mass is 10.1. The van der Waals surface area contributed by atoms with Crippen molar-refractivity contribution in [3.8, 4) is 12.3 Å². The van der Waals surface area contributed by atoms with Gasteiger partial charge in [0.05, 0.1) is 6.54 Å². The van der Waals surface area contributed by atoms with E-state index in [0.29, 0.717) is 15.6 Å². The number of carbonyl (C=O) groups excluding carboxylic acids is 1. The zero-order valence-electron chi connectivity index (χ0n) is 16.2. The van der Waals surface area contributed by atoms with Crippen LogP contribution in [0.3, 0.4) is 0 Å². The van der Waals surface area contributed by atoms with Gasteiger partial charge in [0, 0.05) is 37.4 Å². The van der Waals surface area contributed by atoms with Gasteiger partial charge in [-0.3, -0.25) is 9.79 Å². The van der Waals surface area contributed by atoms with E-state index in [0.717, 1.165) is 0 Å². The highest BCUT2D eigenvalue weighted by atomic mass is 32.2. The van der Waals surface area contributed by atoms with E-state index >= 15 is 0 Å². The minimum Gasteiger partial charge on any atom is -0.354 e. The number of hydrogen-bond donors (Lipinski definition) is 3. The molecule has 1 aliphatic heterocycles. The lowest BCUT2D eigenvalue weighted by molar-refractivity contribution is -0.115. The molecule has 1 amide bonds. The average molecular weight is 445 g/mol. The van der Waals surface area contributed by atoms with Gasteiger partial charge in [0.15, 0.2) is 5.96 Å². The maximum absolute atomic E-state index is 12.6. The molecular formula is C18H22F3N5O3S. The Hall–Kier alpha value is -2.78. The number of guanidine groups is 1. The molecule has 1 aromatic carbocycles. The summed E-state index contributed by atoms with van der Waals surface area (Å²) in [7, 11) is -3.84. The molecule has 12 heteroatoms. The smallest absolute Gasteiger partial charge is 0.354 e. The van der Waals surface area contributed by atoms with Gasteiger partial charge in [0.1, 0.15) is 0 Å². The van der Waals surface area contributed by atoms with E-state index in [1.54, 1.807) is 24.3 Å². The van der Waals surface area contributed by atoms with Crippen LogP contribution in [0.5, 0.6) is 0 Å². The van der Waals surface area contributed by atoms with Crippen LogP contribution in [0.25, 0.3) is 0 Å². The Morgan fingerprint density at radius 2 is 2.00 bits per heavy atom. The topological polar surface area (TPSA) is 103 Å². The number of hydrogen-bond acceptors (Lipinski definition) is 4. The number of alkyl halides is 3. The number of piperidine rings is 1. The molecule has 1 saturated heterocycles. The van der Waals surface area contributed by atoms with Crippen LogP contribution in [0.2, 0.25) is 0 Å². The monoisotopic (exact) mass is 445 g/mol. The van der Waals surface area contributed by atoms with Crippen molar-refractivity contribution in [2.24, 2.45) is 4.99 Å². The molecule has 8 nitrogen and oxygen atoms in total. The van der Waals surface area contributed by atoms with Gasteiger partial charge in [0.25, 0.3) is 0 Å². The van der Waals surface area contributed by atoms with Crippen molar-refractivity contribution in [3.05, 3.63) is 29.8 Å². The number of sulfonamides is 1. The van der Waals surface area contributed by atoms with E-state index in [4.69, 9.17) is 6.42 Å². The molecule has 1 aromatic rings. The van der Waals surface area contributed by atoms with Crippen LogP contribution in [-0.2, 0) is 14.8 Å². The first-order valence-corrected chi connectivity index (χ1v) is 10.4. The van der Waals surface area contributed by atoms with Gasteiger partial charge in [-0.25, -0.2) is 8.42 Å². The predicted octanol–water partition coefficient (Wildman–Crippen LogP) is 1.09.